The van der Waals surface area contributed by atoms with E-state index in [1.54, 1.807) is 0 Å². The zero-order chi connectivity index (χ0) is 20.7. The molecule has 4 rings (SSSR count). The van der Waals surface area contributed by atoms with Crippen molar-refractivity contribution in [3.05, 3.63) is 51.1 Å². The number of H-pyrrole nitrogens is 1. The Morgan fingerprint density at radius 1 is 1.14 bits per heavy atom. The third-order valence-electron chi connectivity index (χ3n) is 6.31. The van der Waals surface area contributed by atoms with E-state index < -0.39 is 0 Å². The highest BCUT2D eigenvalue weighted by Gasteiger charge is 2.37. The Labute approximate surface area is 170 Å². The number of nitrogens with one attached hydrogen (secondary N) is 3. The fourth-order valence-corrected chi connectivity index (χ4v) is 4.34. The first-order chi connectivity index (χ1) is 13.9. The molecule has 3 N–H and O–H groups in total. The smallest absolute Gasteiger partial charge is 0.258 e. The lowest BCUT2D eigenvalue weighted by Gasteiger charge is -2.32. The number of quaternary nitrogens is 2. The number of piperazine rings is 1. The summed E-state index contributed by atoms with van der Waals surface area (Å²) < 4.78 is 1.85. The Morgan fingerprint density at radius 2 is 1.86 bits per heavy atom. The number of hydrogen-bond acceptors (Lipinski definition) is 4. The van der Waals surface area contributed by atoms with Gasteiger partial charge in [-0.3, -0.25) is 4.79 Å². The number of likely N-dealkylation sites (N-methyl/N-ethyl adjacent to an activating group) is 1. The minimum absolute atomic E-state index is 0.0479. The van der Waals surface area contributed by atoms with Crippen LogP contribution < -0.4 is 15.4 Å². The van der Waals surface area contributed by atoms with Gasteiger partial charge in [0.2, 0.25) is 5.82 Å². The van der Waals surface area contributed by atoms with Crippen LogP contribution in [0.25, 0.3) is 10.9 Å². The summed E-state index contributed by atoms with van der Waals surface area (Å²) >= 11 is 0. The second kappa shape index (κ2) is 7.68. The molecule has 0 radical (unpaired) electrons. The molecule has 0 bridgehead atoms. The van der Waals surface area contributed by atoms with Gasteiger partial charge in [0.25, 0.3) is 5.56 Å². The number of rotatable bonds is 4. The molecule has 1 saturated heterocycles. The molecule has 3 aromatic rings. The Bertz CT molecular complexity index is 1080. The van der Waals surface area contributed by atoms with E-state index in [9.17, 15) is 4.79 Å². The van der Waals surface area contributed by atoms with Crippen molar-refractivity contribution in [1.29, 1.82) is 0 Å². The first kappa shape index (κ1) is 19.7. The average Bonchev–Trinajstić information content (AvgIpc) is 3.17. The molecule has 8 heteroatoms. The van der Waals surface area contributed by atoms with E-state index >= 15 is 0 Å². The van der Waals surface area contributed by atoms with Gasteiger partial charge in [-0.25, -0.2) is 4.68 Å². The van der Waals surface area contributed by atoms with Crippen LogP contribution in [0.4, 0.5) is 0 Å². The normalized spacial score (nSPS) is 21.0. The zero-order valence-electron chi connectivity index (χ0n) is 17.9. The van der Waals surface area contributed by atoms with Gasteiger partial charge in [0.15, 0.2) is 6.04 Å². The van der Waals surface area contributed by atoms with Gasteiger partial charge in [0.05, 0.1) is 24.2 Å². The first-order valence-corrected chi connectivity index (χ1v) is 10.4. The maximum Gasteiger partial charge on any atom is 0.258 e. The lowest BCUT2D eigenvalue weighted by atomic mass is 9.99. The fourth-order valence-electron chi connectivity index (χ4n) is 4.34. The highest BCUT2D eigenvalue weighted by Crippen LogP contribution is 2.23. The maximum atomic E-state index is 13.3. The molecule has 1 aliphatic heterocycles. The van der Waals surface area contributed by atoms with Crippen LogP contribution in [0.1, 0.15) is 48.4 Å². The third kappa shape index (κ3) is 3.58. The monoisotopic (exact) mass is 397 g/mol. The SMILES string of the molecule is Cc1ccc2cc([C@@H](c3nnnn3C(C)C)[NH+]3CC[NH+](C)CC3)c(=O)[nH]c2c1C. The van der Waals surface area contributed by atoms with Gasteiger partial charge in [0.1, 0.15) is 26.2 Å². The van der Waals surface area contributed by atoms with Crippen LogP contribution >= 0.6 is 0 Å². The Morgan fingerprint density at radius 3 is 2.55 bits per heavy atom. The van der Waals surface area contributed by atoms with E-state index in [0.29, 0.717) is 0 Å². The van der Waals surface area contributed by atoms with Gasteiger partial charge in [-0.05, 0) is 60.7 Å². The van der Waals surface area contributed by atoms with Crippen molar-refractivity contribution in [3.63, 3.8) is 0 Å². The molecule has 1 atom stereocenters. The number of nitrogens with zero attached hydrogens (tertiary/aromatic N) is 4. The third-order valence-corrected chi connectivity index (χ3v) is 6.31. The van der Waals surface area contributed by atoms with Crippen LogP contribution in [0.3, 0.4) is 0 Å². The molecule has 0 spiro atoms. The standard InChI is InChI=1S/C21H29N7O/c1-13(2)28-20(23-24-25-28)19(27-10-8-26(5)9-11-27)17-12-16-7-6-14(3)15(4)18(16)22-21(17)29/h6-7,12-13,19H,8-11H2,1-5H3,(H,22,29)/p+2/t19-/m0/s1. The van der Waals surface area contributed by atoms with Gasteiger partial charge in [-0.1, -0.05) is 12.1 Å². The highest BCUT2D eigenvalue weighted by atomic mass is 16.1. The van der Waals surface area contributed by atoms with Crippen molar-refractivity contribution in [2.24, 2.45) is 0 Å². The molecule has 154 valence electrons. The number of aryl methyl sites for hydroxylation is 2. The van der Waals surface area contributed by atoms with Gasteiger partial charge in [0, 0.05) is 0 Å². The largest absolute Gasteiger partial charge is 0.328 e. The van der Waals surface area contributed by atoms with Crippen LogP contribution in [0, 0.1) is 13.8 Å². The van der Waals surface area contributed by atoms with Crippen LogP contribution in [0.2, 0.25) is 0 Å². The van der Waals surface area contributed by atoms with E-state index in [4.69, 9.17) is 0 Å². The minimum atomic E-state index is -0.185. The molecule has 29 heavy (non-hydrogen) atoms. The molecule has 0 amide bonds. The predicted octanol–water partition coefficient (Wildman–Crippen LogP) is -0.785. The van der Waals surface area contributed by atoms with E-state index in [1.807, 2.05) is 10.7 Å². The fraction of sp³-hybridized carbons (Fsp3) is 0.524. The summed E-state index contributed by atoms with van der Waals surface area (Å²) in [5.41, 5.74) is 3.90. The summed E-state index contributed by atoms with van der Waals surface area (Å²) in [6, 6.07) is 6.19. The first-order valence-electron chi connectivity index (χ1n) is 10.4. The molecule has 8 nitrogen and oxygen atoms in total. The van der Waals surface area contributed by atoms with Gasteiger partial charge in [-0.15, -0.1) is 5.10 Å². The second-order valence-corrected chi connectivity index (χ2v) is 8.65. The molecule has 3 heterocycles. The van der Waals surface area contributed by atoms with Crippen LogP contribution in [-0.2, 0) is 0 Å². The van der Waals surface area contributed by atoms with Crippen LogP contribution in [-0.4, -0.2) is 58.4 Å². The zero-order valence-corrected chi connectivity index (χ0v) is 17.9. The molecule has 0 saturated carbocycles. The maximum absolute atomic E-state index is 13.3. The van der Waals surface area contributed by atoms with E-state index in [-0.39, 0.29) is 17.6 Å². The van der Waals surface area contributed by atoms with Crippen LogP contribution in [0.5, 0.6) is 0 Å². The van der Waals surface area contributed by atoms with Gasteiger partial charge >= 0.3 is 0 Å². The van der Waals surface area contributed by atoms with E-state index in [1.165, 1.54) is 15.4 Å². The van der Waals surface area contributed by atoms with Crippen molar-refractivity contribution >= 4 is 10.9 Å². The predicted molar refractivity (Wildman–Crippen MR) is 111 cm³/mol. The van der Waals surface area contributed by atoms with Crippen molar-refractivity contribution in [2.75, 3.05) is 33.2 Å². The average molecular weight is 398 g/mol. The van der Waals surface area contributed by atoms with Gasteiger partial charge in [-0.2, -0.15) is 0 Å². The van der Waals surface area contributed by atoms with Crippen molar-refractivity contribution in [3.8, 4) is 0 Å². The van der Waals surface area contributed by atoms with Crippen molar-refractivity contribution in [2.45, 2.75) is 39.8 Å². The molecule has 0 unspecified atom stereocenters. The Kier molecular flexibility index (Phi) is 5.23. The number of aromatic nitrogens is 5. The minimum Gasteiger partial charge on any atom is -0.328 e. The molecular formula is C21H31N7O+2. The Balaban J connectivity index is 1.89. The van der Waals surface area contributed by atoms with Crippen molar-refractivity contribution in [1.82, 2.24) is 25.2 Å². The topological polar surface area (TPSA) is 85.3 Å². The van der Waals surface area contributed by atoms with E-state index in [0.717, 1.165) is 54.0 Å². The lowest BCUT2D eigenvalue weighted by molar-refractivity contribution is -1.02. The van der Waals surface area contributed by atoms with Gasteiger partial charge < -0.3 is 14.8 Å². The summed E-state index contributed by atoms with van der Waals surface area (Å²) in [7, 11) is 2.22. The van der Waals surface area contributed by atoms with Crippen molar-refractivity contribution < 1.29 is 9.80 Å². The summed E-state index contributed by atoms with van der Waals surface area (Å²) in [5, 5.41) is 13.6. The number of hydrogen-bond donors (Lipinski definition) is 3. The highest BCUT2D eigenvalue weighted by molar-refractivity contribution is 5.83. The molecular weight excluding hydrogens is 366 g/mol. The number of pyridine rings is 1. The molecule has 2 aromatic heterocycles. The number of fused-ring (bicyclic) bond motifs is 1. The summed E-state index contributed by atoms with van der Waals surface area (Å²) in [6.07, 6.45) is 0. The quantitative estimate of drug-likeness (QED) is 0.539. The molecule has 1 aromatic carbocycles. The molecule has 1 aliphatic rings. The molecule has 1 fully saturated rings. The van der Waals surface area contributed by atoms with E-state index in [2.05, 4.69) is 67.4 Å². The summed E-state index contributed by atoms with van der Waals surface area (Å²) in [5.74, 6) is 0.767. The summed E-state index contributed by atoms with van der Waals surface area (Å²) in [6.45, 7) is 12.3. The number of benzene rings is 1. The second-order valence-electron chi connectivity index (χ2n) is 8.65. The number of aromatic amines is 1. The Hall–Kier alpha value is -2.58. The molecule has 0 aliphatic carbocycles. The lowest BCUT2D eigenvalue weighted by Crippen LogP contribution is -3.27. The summed E-state index contributed by atoms with van der Waals surface area (Å²) in [4.78, 5) is 19.3. The number of tetrazole rings is 1. The van der Waals surface area contributed by atoms with Crippen LogP contribution in [0.15, 0.2) is 23.0 Å².